The number of aliphatic carboxylic acids is 1. The molecule has 14 atom stereocenters. The lowest BCUT2D eigenvalue weighted by molar-refractivity contribution is -0.322. The Morgan fingerprint density at radius 2 is 1.73 bits per heavy atom. The van der Waals surface area contributed by atoms with Crippen LogP contribution in [-0.4, -0.2) is 108 Å². The summed E-state index contributed by atoms with van der Waals surface area (Å²) in [5.74, 6) is -3.35. The number of ether oxygens (including phenoxy) is 3. The van der Waals surface area contributed by atoms with Gasteiger partial charge in [0, 0.05) is 23.8 Å². The first-order chi connectivity index (χ1) is 19.2. The second-order valence-corrected chi connectivity index (χ2v) is 13.7. The molecule has 0 amide bonds. The summed E-state index contributed by atoms with van der Waals surface area (Å²) in [4.78, 5) is 25.0. The van der Waals surface area contributed by atoms with Crippen molar-refractivity contribution in [3.8, 4) is 0 Å². The van der Waals surface area contributed by atoms with Gasteiger partial charge in [-0.25, -0.2) is 4.79 Å². The van der Waals surface area contributed by atoms with Crippen molar-refractivity contribution in [1.29, 1.82) is 0 Å². The summed E-state index contributed by atoms with van der Waals surface area (Å²) in [6.07, 6.45) is -5.30. The number of rotatable bonds is 4. The van der Waals surface area contributed by atoms with Crippen LogP contribution in [0.15, 0.2) is 11.6 Å². The van der Waals surface area contributed by atoms with E-state index in [1.807, 2.05) is 6.92 Å². The van der Waals surface area contributed by atoms with E-state index in [1.54, 1.807) is 0 Å². The van der Waals surface area contributed by atoms with Gasteiger partial charge in [-0.15, -0.1) is 0 Å². The number of aliphatic hydroxyl groups excluding tert-OH is 4. The van der Waals surface area contributed by atoms with Gasteiger partial charge in [0.2, 0.25) is 0 Å². The third kappa shape index (κ3) is 3.95. The highest BCUT2D eigenvalue weighted by atomic mass is 16.7. The molecule has 0 radical (unpaired) electrons. The van der Waals surface area contributed by atoms with Crippen molar-refractivity contribution in [2.75, 3.05) is 6.61 Å². The van der Waals surface area contributed by atoms with Gasteiger partial charge in [0.1, 0.15) is 30.3 Å². The minimum atomic E-state index is -1.77. The molecule has 4 aliphatic carbocycles. The van der Waals surface area contributed by atoms with Crippen molar-refractivity contribution in [3.05, 3.63) is 11.6 Å². The van der Waals surface area contributed by atoms with Crippen molar-refractivity contribution in [1.82, 2.24) is 0 Å². The maximum Gasteiger partial charge on any atom is 0.331 e. The number of carbonyl (C=O) groups excluding carboxylic acids is 1. The summed E-state index contributed by atoms with van der Waals surface area (Å²) >= 11 is 0. The Balaban J connectivity index is 1.28. The van der Waals surface area contributed by atoms with Gasteiger partial charge >= 0.3 is 11.9 Å². The fraction of sp³-hybridized carbons (Fsp3) is 0.862. The lowest BCUT2D eigenvalue weighted by Crippen LogP contribution is -2.73. The maximum absolute atomic E-state index is 13.2. The predicted octanol–water partition coefficient (Wildman–Crippen LogP) is -0.393. The van der Waals surface area contributed by atoms with E-state index in [4.69, 9.17) is 14.2 Å². The highest BCUT2D eigenvalue weighted by molar-refractivity contribution is 5.85. The van der Waals surface area contributed by atoms with Crippen LogP contribution >= 0.6 is 0 Å². The molecule has 2 aliphatic heterocycles. The van der Waals surface area contributed by atoms with E-state index in [2.05, 4.69) is 0 Å². The maximum atomic E-state index is 13.2. The van der Waals surface area contributed by atoms with Gasteiger partial charge in [0.15, 0.2) is 6.29 Å². The standard InChI is InChI=1S/C29H42O12/c1-13-21(32)22(33)23(34)24(40-13)41-15-3-7-28(25(35)36)20-17(4-6-27(28,37)10-15)29(38)8-5-16(14-9-19(31)39-12-14)26(29,2)11-18(20)30/h9,13,15-18,20-24,30,32-34,37-38H,3-8,10-12H2,1-2H3,(H,35,36). The molecule has 6 aliphatic rings. The number of fused-ring (bicyclic) bond motifs is 5. The summed E-state index contributed by atoms with van der Waals surface area (Å²) in [7, 11) is 0. The van der Waals surface area contributed by atoms with E-state index in [0.717, 1.165) is 5.57 Å². The number of hydrogen-bond donors (Lipinski definition) is 7. The number of hydrogen-bond acceptors (Lipinski definition) is 11. The van der Waals surface area contributed by atoms with Crippen molar-refractivity contribution < 1.29 is 59.5 Å². The summed E-state index contributed by atoms with van der Waals surface area (Å²) in [6, 6.07) is 0. The lowest BCUT2D eigenvalue weighted by atomic mass is 9.40. The summed E-state index contributed by atoms with van der Waals surface area (Å²) in [6.45, 7) is 3.59. The van der Waals surface area contributed by atoms with Crippen LogP contribution in [0.25, 0.3) is 0 Å². The Bertz CT molecular complexity index is 1130. The zero-order chi connectivity index (χ0) is 29.7. The van der Waals surface area contributed by atoms with E-state index >= 15 is 0 Å². The predicted molar refractivity (Wildman–Crippen MR) is 138 cm³/mol. The van der Waals surface area contributed by atoms with Crippen LogP contribution in [-0.2, 0) is 23.8 Å². The molecule has 0 bridgehead atoms. The molecule has 0 aromatic heterocycles. The fourth-order valence-electron chi connectivity index (χ4n) is 9.96. The van der Waals surface area contributed by atoms with E-state index in [9.17, 15) is 45.3 Å². The van der Waals surface area contributed by atoms with E-state index in [1.165, 1.54) is 13.0 Å². The topological polar surface area (TPSA) is 203 Å². The molecule has 12 nitrogen and oxygen atoms in total. The Kier molecular flexibility index (Phi) is 6.95. The van der Waals surface area contributed by atoms with E-state index in [0.29, 0.717) is 12.8 Å². The SMILES string of the molecule is CC1OC(OC2CCC3(C(=O)O)C4C(O)CC5(C)C(C6=CC(=O)OC6)CCC5(O)C4CCC3(O)C2)C(O)C(O)C1O. The fourth-order valence-corrected chi connectivity index (χ4v) is 9.96. The van der Waals surface area contributed by atoms with Gasteiger partial charge in [-0.3, -0.25) is 4.79 Å². The van der Waals surface area contributed by atoms with Crippen molar-refractivity contribution in [2.24, 2.45) is 28.6 Å². The largest absolute Gasteiger partial charge is 0.481 e. The van der Waals surface area contributed by atoms with Gasteiger partial charge in [0.05, 0.1) is 29.5 Å². The van der Waals surface area contributed by atoms with E-state index < -0.39 is 88.7 Å². The molecule has 0 spiro atoms. The van der Waals surface area contributed by atoms with Crippen LogP contribution in [0.5, 0.6) is 0 Å². The van der Waals surface area contributed by atoms with Gasteiger partial charge in [-0.2, -0.15) is 0 Å². The first-order valence-corrected chi connectivity index (χ1v) is 14.8. The number of carboxylic acid groups (broad SMARTS) is 1. The summed E-state index contributed by atoms with van der Waals surface area (Å²) < 4.78 is 16.7. The molecule has 230 valence electrons. The van der Waals surface area contributed by atoms with Crippen molar-refractivity contribution in [2.45, 2.75) is 119 Å². The number of carbonyl (C=O) groups is 2. The molecule has 41 heavy (non-hydrogen) atoms. The molecule has 1 saturated heterocycles. The Hall–Kier alpha value is -1.64. The van der Waals surface area contributed by atoms with Crippen LogP contribution in [0.4, 0.5) is 0 Å². The van der Waals surface area contributed by atoms with Crippen LogP contribution in [0.2, 0.25) is 0 Å². The molecular weight excluding hydrogens is 540 g/mol. The second-order valence-electron chi connectivity index (χ2n) is 13.7. The molecule has 7 N–H and O–H groups in total. The molecule has 0 aromatic carbocycles. The van der Waals surface area contributed by atoms with Gasteiger partial charge in [-0.1, -0.05) is 6.92 Å². The van der Waals surface area contributed by atoms with Gasteiger partial charge < -0.3 is 50.0 Å². The Morgan fingerprint density at radius 1 is 1.00 bits per heavy atom. The monoisotopic (exact) mass is 582 g/mol. The van der Waals surface area contributed by atoms with Gasteiger partial charge in [-0.05, 0) is 69.3 Å². The molecule has 0 aromatic rings. The lowest BCUT2D eigenvalue weighted by Gasteiger charge is -2.66. The van der Waals surface area contributed by atoms with Crippen LogP contribution in [0.3, 0.4) is 0 Å². The zero-order valence-electron chi connectivity index (χ0n) is 23.4. The Labute approximate surface area is 237 Å². The highest BCUT2D eigenvalue weighted by Gasteiger charge is 2.75. The second kappa shape index (κ2) is 9.68. The third-order valence-electron chi connectivity index (χ3n) is 12.0. The minimum absolute atomic E-state index is 0.0327. The number of cyclic esters (lactones) is 1. The average Bonchev–Trinajstić information content (AvgIpc) is 3.44. The summed E-state index contributed by atoms with van der Waals surface area (Å²) in [5, 5.41) is 77.6. The first kappa shape index (κ1) is 29.4. The molecule has 14 unspecified atom stereocenters. The molecule has 5 fully saturated rings. The minimum Gasteiger partial charge on any atom is -0.481 e. The molecule has 12 heteroatoms. The van der Waals surface area contributed by atoms with Crippen molar-refractivity contribution in [3.63, 3.8) is 0 Å². The van der Waals surface area contributed by atoms with E-state index in [-0.39, 0.29) is 51.0 Å². The number of aliphatic hydroxyl groups is 6. The third-order valence-corrected chi connectivity index (χ3v) is 12.0. The molecule has 2 heterocycles. The molecular formula is C29H42O12. The van der Waals surface area contributed by atoms with Gasteiger partial charge in [0.25, 0.3) is 0 Å². The normalized spacial score (nSPS) is 54.9. The highest BCUT2D eigenvalue weighted by Crippen LogP contribution is 2.71. The first-order valence-electron chi connectivity index (χ1n) is 14.8. The molecule has 4 saturated carbocycles. The number of esters is 1. The molecule has 6 rings (SSSR count). The van der Waals surface area contributed by atoms with Crippen molar-refractivity contribution >= 4 is 11.9 Å². The van der Waals surface area contributed by atoms with Crippen LogP contribution in [0.1, 0.15) is 65.2 Å². The van der Waals surface area contributed by atoms with Crippen LogP contribution in [0, 0.1) is 28.6 Å². The number of carboxylic acids is 1. The zero-order valence-corrected chi connectivity index (χ0v) is 23.4. The quantitative estimate of drug-likeness (QED) is 0.167. The van der Waals surface area contributed by atoms with Crippen LogP contribution < -0.4 is 0 Å². The average molecular weight is 583 g/mol. The Morgan fingerprint density at radius 3 is 2.39 bits per heavy atom. The smallest absolute Gasteiger partial charge is 0.331 e. The summed E-state index contributed by atoms with van der Waals surface area (Å²) in [5.41, 5.74) is -4.84.